The highest BCUT2D eigenvalue weighted by atomic mass is 79.9. The second-order valence-electron chi connectivity index (χ2n) is 5.33. The van der Waals surface area contributed by atoms with Crippen LogP contribution in [-0.4, -0.2) is 23.5 Å². The van der Waals surface area contributed by atoms with Gasteiger partial charge in [-0.3, -0.25) is 25.8 Å². The second kappa shape index (κ2) is 8.65. The molecule has 9 heteroatoms. The van der Waals surface area contributed by atoms with Gasteiger partial charge in [0.2, 0.25) is 0 Å². The van der Waals surface area contributed by atoms with Gasteiger partial charge in [-0.1, -0.05) is 36.4 Å². The van der Waals surface area contributed by atoms with Crippen LogP contribution in [0.15, 0.2) is 63.7 Å². The minimum atomic E-state index is -0.542. The summed E-state index contributed by atoms with van der Waals surface area (Å²) in [5, 5.41) is 4.22. The highest BCUT2D eigenvalue weighted by molar-refractivity contribution is 9.10. The van der Waals surface area contributed by atoms with Crippen molar-refractivity contribution in [3.63, 3.8) is 0 Å². The fourth-order valence-electron chi connectivity index (χ4n) is 2.26. The van der Waals surface area contributed by atoms with E-state index in [4.69, 9.17) is 21.4 Å². The van der Waals surface area contributed by atoms with Crippen LogP contribution in [0.1, 0.15) is 10.6 Å². The van der Waals surface area contributed by atoms with Crippen LogP contribution in [0, 0.1) is 0 Å². The van der Waals surface area contributed by atoms with Crippen LogP contribution in [0.3, 0.4) is 0 Å². The summed E-state index contributed by atoms with van der Waals surface area (Å²) in [6.07, 6.45) is 0. The Labute approximate surface area is 168 Å². The molecule has 0 saturated heterocycles. The summed E-state index contributed by atoms with van der Waals surface area (Å²) < 4.78 is 11.1. The number of hydrogen-bond donors (Lipinski definition) is 3. The molecular weight excluding hydrogens is 434 g/mol. The van der Waals surface area contributed by atoms with E-state index in [1.54, 1.807) is 12.1 Å². The van der Waals surface area contributed by atoms with Crippen molar-refractivity contribution < 1.29 is 18.7 Å². The van der Waals surface area contributed by atoms with Crippen LogP contribution < -0.4 is 20.9 Å². The molecule has 0 spiro atoms. The first-order valence-electron chi connectivity index (χ1n) is 7.79. The molecule has 0 radical (unpaired) electrons. The number of fused-ring (bicyclic) bond motifs is 1. The Kier molecular flexibility index (Phi) is 6.05. The van der Waals surface area contributed by atoms with E-state index in [9.17, 15) is 9.59 Å². The Hall–Kier alpha value is -2.91. The lowest BCUT2D eigenvalue weighted by Crippen LogP contribution is -2.49. The number of hydrazine groups is 1. The highest BCUT2D eigenvalue weighted by Crippen LogP contribution is 2.24. The average Bonchev–Trinajstić information content (AvgIpc) is 3.11. The van der Waals surface area contributed by atoms with Gasteiger partial charge in [0.15, 0.2) is 22.1 Å². The maximum atomic E-state index is 11.9. The average molecular weight is 448 g/mol. The number of ether oxygens (including phenoxy) is 1. The summed E-state index contributed by atoms with van der Waals surface area (Å²) in [5.74, 6) is -0.320. The lowest BCUT2D eigenvalue weighted by atomic mass is 10.1. The first-order chi connectivity index (χ1) is 13.0. The zero-order chi connectivity index (χ0) is 19.2. The van der Waals surface area contributed by atoms with Crippen LogP contribution in [-0.2, 0) is 4.79 Å². The maximum Gasteiger partial charge on any atom is 0.293 e. The number of nitrogens with one attached hydrogen (secondary N) is 3. The first-order valence-corrected chi connectivity index (χ1v) is 8.99. The van der Waals surface area contributed by atoms with Crippen LogP contribution in [0.2, 0.25) is 0 Å². The normalized spacial score (nSPS) is 10.3. The van der Waals surface area contributed by atoms with Gasteiger partial charge in [0, 0.05) is 5.39 Å². The number of carbonyl (C=O) groups excluding carboxylic acids is 2. The summed E-state index contributed by atoms with van der Waals surface area (Å²) >= 11 is 8.05. The van der Waals surface area contributed by atoms with E-state index in [0.717, 1.165) is 10.8 Å². The summed E-state index contributed by atoms with van der Waals surface area (Å²) in [6, 6.07) is 16.4. The van der Waals surface area contributed by atoms with E-state index in [0.29, 0.717) is 10.4 Å². The fraction of sp³-hybridized carbons (Fsp3) is 0.0556. The number of amides is 2. The Morgan fingerprint density at radius 3 is 2.59 bits per heavy atom. The van der Waals surface area contributed by atoms with Crippen molar-refractivity contribution in [1.82, 2.24) is 16.2 Å². The molecule has 1 heterocycles. The molecule has 1 aromatic heterocycles. The zero-order valence-electron chi connectivity index (χ0n) is 13.8. The van der Waals surface area contributed by atoms with E-state index in [1.807, 2.05) is 36.4 Å². The third-order valence-corrected chi connectivity index (χ3v) is 4.08. The monoisotopic (exact) mass is 447 g/mol. The molecule has 0 atom stereocenters. The molecule has 2 aromatic carbocycles. The van der Waals surface area contributed by atoms with E-state index < -0.39 is 11.8 Å². The SMILES string of the molecule is O=C(COc1cccc2ccccc12)NNC(=S)NC(=O)c1ccc(Br)o1. The largest absolute Gasteiger partial charge is 0.483 e. The van der Waals surface area contributed by atoms with Crippen molar-refractivity contribution in [2.24, 2.45) is 0 Å². The van der Waals surface area contributed by atoms with Gasteiger partial charge in [0.1, 0.15) is 5.75 Å². The number of benzene rings is 2. The third-order valence-electron chi connectivity index (χ3n) is 3.45. The number of halogens is 1. The van der Waals surface area contributed by atoms with Crippen molar-refractivity contribution in [3.8, 4) is 5.75 Å². The van der Waals surface area contributed by atoms with Gasteiger partial charge in [-0.05, 0) is 51.7 Å². The van der Waals surface area contributed by atoms with E-state index >= 15 is 0 Å². The molecule has 3 aromatic rings. The van der Waals surface area contributed by atoms with Gasteiger partial charge in [0.25, 0.3) is 11.8 Å². The van der Waals surface area contributed by atoms with Crippen LogP contribution in [0.4, 0.5) is 0 Å². The molecule has 0 aliphatic rings. The first kappa shape index (κ1) is 18.9. The molecule has 3 rings (SSSR count). The number of carbonyl (C=O) groups is 2. The van der Waals surface area contributed by atoms with Crippen molar-refractivity contribution in [2.75, 3.05) is 6.61 Å². The molecule has 138 valence electrons. The van der Waals surface area contributed by atoms with Crippen molar-refractivity contribution in [3.05, 3.63) is 65.0 Å². The molecule has 7 nitrogen and oxygen atoms in total. The van der Waals surface area contributed by atoms with Crippen molar-refractivity contribution in [1.29, 1.82) is 0 Å². The van der Waals surface area contributed by atoms with Crippen LogP contribution >= 0.6 is 28.1 Å². The Morgan fingerprint density at radius 2 is 1.81 bits per heavy atom. The van der Waals surface area contributed by atoms with Gasteiger partial charge < -0.3 is 9.15 Å². The van der Waals surface area contributed by atoms with E-state index in [1.165, 1.54) is 6.07 Å². The third kappa shape index (κ3) is 5.05. The Morgan fingerprint density at radius 1 is 1.04 bits per heavy atom. The zero-order valence-corrected chi connectivity index (χ0v) is 16.2. The van der Waals surface area contributed by atoms with Gasteiger partial charge in [-0.25, -0.2) is 0 Å². The molecule has 0 unspecified atom stereocenters. The molecule has 0 bridgehead atoms. The lowest BCUT2D eigenvalue weighted by Gasteiger charge is -2.12. The molecular formula is C18H14BrN3O4S. The molecule has 0 saturated carbocycles. The minimum Gasteiger partial charge on any atom is -0.483 e. The number of hydrogen-bond acceptors (Lipinski definition) is 5. The Balaban J connectivity index is 1.46. The van der Waals surface area contributed by atoms with Crippen molar-refractivity contribution in [2.45, 2.75) is 0 Å². The minimum absolute atomic E-state index is 0.0777. The van der Waals surface area contributed by atoms with E-state index in [2.05, 4.69) is 32.1 Å². The van der Waals surface area contributed by atoms with Crippen LogP contribution in [0.5, 0.6) is 5.75 Å². The predicted molar refractivity (Wildman–Crippen MR) is 107 cm³/mol. The van der Waals surface area contributed by atoms with Gasteiger partial charge in [-0.15, -0.1) is 0 Å². The molecule has 3 N–H and O–H groups in total. The van der Waals surface area contributed by atoms with Crippen molar-refractivity contribution >= 4 is 55.8 Å². The molecule has 0 aliphatic carbocycles. The number of rotatable bonds is 4. The highest BCUT2D eigenvalue weighted by Gasteiger charge is 2.12. The molecule has 0 aliphatic heterocycles. The molecule has 0 fully saturated rings. The summed E-state index contributed by atoms with van der Waals surface area (Å²) in [4.78, 5) is 23.8. The smallest absolute Gasteiger partial charge is 0.293 e. The van der Waals surface area contributed by atoms with Gasteiger partial charge in [0.05, 0.1) is 0 Å². The van der Waals surface area contributed by atoms with Crippen LogP contribution in [0.25, 0.3) is 10.8 Å². The quantitative estimate of drug-likeness (QED) is 0.420. The second-order valence-corrected chi connectivity index (χ2v) is 6.52. The molecule has 27 heavy (non-hydrogen) atoms. The summed E-state index contributed by atoms with van der Waals surface area (Å²) in [6.45, 7) is -0.220. The molecule has 2 amide bonds. The topological polar surface area (TPSA) is 92.6 Å². The predicted octanol–water partition coefficient (Wildman–Crippen LogP) is 2.91. The number of thiocarbonyl (C=S) groups is 1. The summed E-state index contributed by atoms with van der Waals surface area (Å²) in [5.41, 5.74) is 4.78. The van der Waals surface area contributed by atoms with E-state index in [-0.39, 0.29) is 17.5 Å². The standard InChI is InChI=1S/C18H14BrN3O4S/c19-15-9-8-14(26-15)17(24)20-18(27)22-21-16(23)10-25-13-7-3-5-11-4-1-2-6-12(11)13/h1-9H,10H2,(H,21,23)(H2,20,22,24,27). The lowest BCUT2D eigenvalue weighted by molar-refractivity contribution is -0.123. The Bertz CT molecular complexity index is 1000. The maximum absolute atomic E-state index is 11.9. The summed E-state index contributed by atoms with van der Waals surface area (Å²) in [7, 11) is 0. The number of furan rings is 1. The van der Waals surface area contributed by atoms with Gasteiger partial charge >= 0.3 is 0 Å². The fourth-order valence-corrected chi connectivity index (χ4v) is 2.71. The van der Waals surface area contributed by atoms with Gasteiger partial charge in [-0.2, -0.15) is 0 Å².